The zero-order chi connectivity index (χ0) is 14.8. The highest BCUT2D eigenvalue weighted by Crippen LogP contribution is 2.25. The van der Waals surface area contributed by atoms with Crippen LogP contribution in [0.3, 0.4) is 0 Å². The number of carbonyl (C=O) groups excluding carboxylic acids is 1. The van der Waals surface area contributed by atoms with Crippen molar-refractivity contribution in [3.8, 4) is 5.75 Å². The van der Waals surface area contributed by atoms with E-state index in [1.54, 1.807) is 43.6 Å². The lowest BCUT2D eigenvalue weighted by Gasteiger charge is -2.08. The molecular weight excluding hydrogens is 290 g/mol. The van der Waals surface area contributed by atoms with Crippen LogP contribution in [0.15, 0.2) is 42.6 Å². The van der Waals surface area contributed by atoms with Crippen LogP contribution in [0.4, 0.5) is 5.69 Å². The number of halogens is 1. The van der Waals surface area contributed by atoms with Crippen molar-refractivity contribution in [2.24, 2.45) is 0 Å². The van der Waals surface area contributed by atoms with Gasteiger partial charge in [0.25, 0.3) is 5.91 Å². The van der Waals surface area contributed by atoms with E-state index in [0.29, 0.717) is 27.5 Å². The number of H-pyrrole nitrogens is 1. The number of aromatic nitrogens is 2. The van der Waals surface area contributed by atoms with Gasteiger partial charge in [0.15, 0.2) is 0 Å². The van der Waals surface area contributed by atoms with Crippen molar-refractivity contribution in [1.82, 2.24) is 10.2 Å². The van der Waals surface area contributed by atoms with Gasteiger partial charge in [0.1, 0.15) is 5.75 Å². The number of hydrogen-bond acceptors (Lipinski definition) is 3. The Morgan fingerprint density at radius 3 is 2.95 bits per heavy atom. The number of fused-ring (bicyclic) bond motifs is 1. The Balaban J connectivity index is 1.99. The number of hydrogen-bond donors (Lipinski definition) is 2. The average Bonchev–Trinajstić information content (AvgIpc) is 2.94. The molecule has 0 radical (unpaired) electrons. The maximum atomic E-state index is 12.4. The predicted octanol–water partition coefficient (Wildman–Crippen LogP) is 3.48. The highest BCUT2D eigenvalue weighted by Gasteiger charge is 2.14. The molecule has 3 aromatic rings. The Bertz CT molecular complexity index is 814. The number of nitrogens with zero attached hydrogens (tertiary/aromatic N) is 1. The largest absolute Gasteiger partial charge is 0.497 e. The first-order valence-electron chi connectivity index (χ1n) is 6.25. The van der Waals surface area contributed by atoms with E-state index in [9.17, 15) is 4.79 Å². The van der Waals surface area contributed by atoms with Gasteiger partial charge >= 0.3 is 0 Å². The third-order valence-corrected chi connectivity index (χ3v) is 3.32. The second-order valence-corrected chi connectivity index (χ2v) is 4.91. The molecule has 0 aliphatic rings. The fourth-order valence-electron chi connectivity index (χ4n) is 2.09. The first kappa shape index (κ1) is 13.5. The molecule has 0 saturated carbocycles. The molecule has 0 saturated heterocycles. The molecule has 0 atom stereocenters. The van der Waals surface area contributed by atoms with Crippen LogP contribution in [0.1, 0.15) is 10.4 Å². The average molecular weight is 302 g/mol. The van der Waals surface area contributed by atoms with Crippen LogP contribution in [0.2, 0.25) is 5.02 Å². The molecule has 0 spiro atoms. The van der Waals surface area contributed by atoms with Crippen molar-refractivity contribution in [2.75, 3.05) is 12.4 Å². The van der Waals surface area contributed by atoms with E-state index in [1.807, 2.05) is 6.07 Å². The summed E-state index contributed by atoms with van der Waals surface area (Å²) < 4.78 is 5.21. The number of amides is 1. The van der Waals surface area contributed by atoms with Crippen LogP contribution in [0.25, 0.3) is 10.9 Å². The normalized spacial score (nSPS) is 10.6. The molecule has 0 bridgehead atoms. The third-order valence-electron chi connectivity index (χ3n) is 3.09. The summed E-state index contributed by atoms with van der Waals surface area (Å²) in [6.45, 7) is 0. The van der Waals surface area contributed by atoms with E-state index in [4.69, 9.17) is 16.3 Å². The summed E-state index contributed by atoms with van der Waals surface area (Å²) in [7, 11) is 1.56. The lowest BCUT2D eigenvalue weighted by molar-refractivity contribution is 0.102. The van der Waals surface area contributed by atoms with E-state index in [-0.39, 0.29) is 5.91 Å². The van der Waals surface area contributed by atoms with E-state index in [1.165, 1.54) is 0 Å². The van der Waals surface area contributed by atoms with Gasteiger partial charge in [-0.15, -0.1) is 0 Å². The third kappa shape index (κ3) is 2.68. The number of aromatic amines is 1. The number of ether oxygens (including phenoxy) is 1. The fourth-order valence-corrected chi connectivity index (χ4v) is 2.28. The molecule has 106 valence electrons. The van der Waals surface area contributed by atoms with Crippen LogP contribution < -0.4 is 10.1 Å². The monoisotopic (exact) mass is 301 g/mol. The van der Waals surface area contributed by atoms with E-state index in [2.05, 4.69) is 15.5 Å². The van der Waals surface area contributed by atoms with Crippen molar-refractivity contribution >= 4 is 34.1 Å². The van der Waals surface area contributed by atoms with Gasteiger partial charge in [0.2, 0.25) is 0 Å². The summed E-state index contributed by atoms with van der Waals surface area (Å²) in [4.78, 5) is 12.4. The molecule has 0 aliphatic carbocycles. The minimum Gasteiger partial charge on any atom is -0.497 e. The summed E-state index contributed by atoms with van der Waals surface area (Å²) in [5, 5.41) is 11.0. The SMILES string of the molecule is COc1cc(C(=O)Nc2cccc(Cl)c2)c2[nH]ncc2c1. The van der Waals surface area contributed by atoms with Crippen LogP contribution in [-0.4, -0.2) is 23.2 Å². The maximum absolute atomic E-state index is 12.4. The van der Waals surface area contributed by atoms with Crippen molar-refractivity contribution < 1.29 is 9.53 Å². The minimum absolute atomic E-state index is 0.259. The summed E-state index contributed by atoms with van der Waals surface area (Å²) >= 11 is 5.91. The molecule has 6 heteroatoms. The Hall–Kier alpha value is -2.53. The molecular formula is C15H12ClN3O2. The molecule has 3 rings (SSSR count). The minimum atomic E-state index is -0.259. The standard InChI is InChI=1S/C15H12ClN3O2/c1-21-12-5-9-8-17-19-14(9)13(7-12)15(20)18-11-4-2-3-10(16)6-11/h2-8H,1H3,(H,17,19)(H,18,20). The highest BCUT2D eigenvalue weighted by molar-refractivity contribution is 6.31. The molecule has 0 aliphatic heterocycles. The number of carbonyl (C=O) groups is 1. The predicted molar refractivity (Wildman–Crippen MR) is 82.1 cm³/mol. The lowest BCUT2D eigenvalue weighted by atomic mass is 10.1. The molecule has 21 heavy (non-hydrogen) atoms. The van der Waals surface area contributed by atoms with Gasteiger partial charge in [-0.1, -0.05) is 17.7 Å². The van der Waals surface area contributed by atoms with Crippen molar-refractivity contribution in [3.63, 3.8) is 0 Å². The molecule has 5 nitrogen and oxygen atoms in total. The van der Waals surface area contributed by atoms with Crippen molar-refractivity contribution in [3.05, 3.63) is 53.2 Å². The van der Waals surface area contributed by atoms with Gasteiger partial charge in [-0.05, 0) is 30.3 Å². The van der Waals surface area contributed by atoms with E-state index < -0.39 is 0 Å². The van der Waals surface area contributed by atoms with Gasteiger partial charge in [0.05, 0.1) is 24.4 Å². The number of benzene rings is 2. The second-order valence-electron chi connectivity index (χ2n) is 4.47. The van der Waals surface area contributed by atoms with Gasteiger partial charge < -0.3 is 10.1 Å². The van der Waals surface area contributed by atoms with Gasteiger partial charge in [-0.2, -0.15) is 5.10 Å². The smallest absolute Gasteiger partial charge is 0.257 e. The second kappa shape index (κ2) is 5.46. The van der Waals surface area contributed by atoms with Gasteiger partial charge in [-0.3, -0.25) is 9.89 Å². The number of anilines is 1. The Labute approximate surface area is 125 Å². The van der Waals surface area contributed by atoms with Crippen molar-refractivity contribution in [1.29, 1.82) is 0 Å². The highest BCUT2D eigenvalue weighted by atomic mass is 35.5. The fraction of sp³-hybridized carbons (Fsp3) is 0.0667. The summed E-state index contributed by atoms with van der Waals surface area (Å²) in [5.41, 5.74) is 1.75. The number of methoxy groups -OCH3 is 1. The van der Waals surface area contributed by atoms with Gasteiger partial charge in [0, 0.05) is 16.1 Å². The zero-order valence-corrected chi connectivity index (χ0v) is 11.9. The number of rotatable bonds is 3. The van der Waals surface area contributed by atoms with Crippen molar-refractivity contribution in [2.45, 2.75) is 0 Å². The summed E-state index contributed by atoms with van der Waals surface area (Å²) in [6.07, 6.45) is 1.65. The van der Waals surface area contributed by atoms with Crippen LogP contribution in [0, 0.1) is 0 Å². The van der Waals surface area contributed by atoms with Crippen LogP contribution in [-0.2, 0) is 0 Å². The number of nitrogens with one attached hydrogen (secondary N) is 2. The summed E-state index contributed by atoms with van der Waals surface area (Å²) in [6, 6.07) is 10.5. The van der Waals surface area contributed by atoms with Crippen LogP contribution >= 0.6 is 11.6 Å². The first-order valence-corrected chi connectivity index (χ1v) is 6.63. The topological polar surface area (TPSA) is 67.0 Å². The molecule has 2 N–H and O–H groups in total. The van der Waals surface area contributed by atoms with Gasteiger partial charge in [-0.25, -0.2) is 0 Å². The maximum Gasteiger partial charge on any atom is 0.257 e. The Morgan fingerprint density at radius 1 is 1.33 bits per heavy atom. The first-order chi connectivity index (χ1) is 10.2. The van der Waals surface area contributed by atoms with E-state index >= 15 is 0 Å². The zero-order valence-electron chi connectivity index (χ0n) is 11.2. The molecule has 0 unspecified atom stereocenters. The summed E-state index contributed by atoms with van der Waals surface area (Å²) in [5.74, 6) is 0.338. The quantitative estimate of drug-likeness (QED) is 0.778. The molecule has 2 aromatic carbocycles. The molecule has 1 aromatic heterocycles. The lowest BCUT2D eigenvalue weighted by Crippen LogP contribution is -2.12. The molecule has 0 fully saturated rings. The molecule has 1 amide bonds. The van der Waals surface area contributed by atoms with E-state index in [0.717, 1.165) is 5.39 Å². The Morgan fingerprint density at radius 2 is 2.19 bits per heavy atom. The van der Waals surface area contributed by atoms with Crippen LogP contribution in [0.5, 0.6) is 5.75 Å². The Kier molecular flexibility index (Phi) is 3.50. The molecule has 1 heterocycles.